The number of hydrogen-bond acceptors (Lipinski definition) is 0. The summed E-state index contributed by atoms with van der Waals surface area (Å²) in [5.41, 5.74) is 33.1. The summed E-state index contributed by atoms with van der Waals surface area (Å²) < 4.78 is 4.87. The molecule has 0 saturated heterocycles. The Kier molecular flexibility index (Phi) is 17.9. The SMILES string of the molecule is CC(C)(C)c1ccc2c(-c3ccc(-n4c5ccccc5c5cc(-c6ccccc6-c6ccccc6)ccc54)cc3)c3ccccc3c(-c3ccccc3)c2c1.c1ccc(-c2ccccc2-c2ccc3c(c2)c2cc(-c4ccccc4-c4ccccc4)ccc2n3-c2ccc(-c3c4ccccc4c(-c4ccccc4)c4ccccc34)cc2)cc1. The first kappa shape index (κ1) is 70.9. The number of benzene rings is 20. The molecule has 2 aromatic heterocycles. The highest BCUT2D eigenvalue weighted by atomic mass is 15.0. The lowest BCUT2D eigenvalue weighted by Gasteiger charge is -2.23. The zero-order chi connectivity index (χ0) is 78.8. The van der Waals surface area contributed by atoms with Crippen molar-refractivity contribution in [1.29, 1.82) is 0 Å². The van der Waals surface area contributed by atoms with E-state index in [2.05, 4.69) is 473 Å². The van der Waals surface area contributed by atoms with Gasteiger partial charge in [-0.15, -0.1) is 0 Å². The topological polar surface area (TPSA) is 9.86 Å². The standard InChI is InChI=1S/C62H41N.C54H41N/c1-4-18-42(19-5-1)49-24-10-12-26-51(49)46-34-38-59-57(40-46)58-41-47(52-27-13-11-25-50(52)43-20-6-2-7-21-43)35-39-60(58)63(59)48-36-32-45(33-37-48)62-55-30-16-14-28-53(55)61(44-22-8-3-9-23-44)54-29-15-17-31-56(54)62;1-54(2,3)40-29-32-47-49(35-40)53(37-18-8-5-9-19-37)46-24-13-12-23-45(46)52(47)38-26-30-41(31-27-38)55-50-25-15-14-22-44(50)48-34-39(28-33-51(48)55)43-21-11-10-20-42(43)36-16-6-4-7-17-36/h1-41H;4-35H,1-3H3. The predicted molar refractivity (Wildman–Crippen MR) is 505 cm³/mol. The van der Waals surface area contributed by atoms with Gasteiger partial charge < -0.3 is 9.13 Å². The average Bonchev–Trinajstić information content (AvgIpc) is 0.940. The average molecular weight is 1500 g/mol. The predicted octanol–water partition coefficient (Wildman–Crippen LogP) is 32.1. The highest BCUT2D eigenvalue weighted by molar-refractivity contribution is 6.23. The summed E-state index contributed by atoms with van der Waals surface area (Å²) in [5.74, 6) is 0. The Morgan fingerprint density at radius 3 is 0.703 bits per heavy atom. The van der Waals surface area contributed by atoms with Gasteiger partial charge in [-0.1, -0.05) is 391 Å². The highest BCUT2D eigenvalue weighted by Gasteiger charge is 2.25. The molecule has 0 radical (unpaired) electrons. The van der Waals surface area contributed by atoms with Gasteiger partial charge in [0.1, 0.15) is 0 Å². The second kappa shape index (κ2) is 29.8. The van der Waals surface area contributed by atoms with Crippen LogP contribution in [0.5, 0.6) is 0 Å². The summed E-state index contributed by atoms with van der Waals surface area (Å²) in [6.45, 7) is 6.91. The Balaban J connectivity index is 0.000000148. The third kappa shape index (κ3) is 12.5. The summed E-state index contributed by atoms with van der Waals surface area (Å²) in [4.78, 5) is 0. The molecule has 0 amide bonds. The van der Waals surface area contributed by atoms with Crippen LogP contribution in [-0.2, 0) is 5.41 Å². The molecule has 2 heteroatoms. The molecular formula is C116H82N2. The molecule has 0 aliphatic carbocycles. The van der Waals surface area contributed by atoms with E-state index in [9.17, 15) is 0 Å². The van der Waals surface area contributed by atoms with Gasteiger partial charge in [0.05, 0.1) is 22.1 Å². The van der Waals surface area contributed by atoms with Crippen molar-refractivity contribution in [3.05, 3.63) is 448 Å². The van der Waals surface area contributed by atoms with Gasteiger partial charge >= 0.3 is 0 Å². The van der Waals surface area contributed by atoms with E-state index in [1.165, 1.54) is 204 Å². The molecular weight excluding hydrogens is 1420 g/mol. The van der Waals surface area contributed by atoms with Crippen molar-refractivity contribution in [3.63, 3.8) is 0 Å². The van der Waals surface area contributed by atoms with Crippen LogP contribution in [0.1, 0.15) is 26.3 Å². The third-order valence-corrected chi connectivity index (χ3v) is 24.2. The Hall–Kier alpha value is -15.0. The maximum Gasteiger partial charge on any atom is 0.0541 e. The Morgan fingerprint density at radius 2 is 0.381 bits per heavy atom. The summed E-state index contributed by atoms with van der Waals surface area (Å²) >= 11 is 0. The van der Waals surface area contributed by atoms with Crippen LogP contribution >= 0.6 is 0 Å². The number of nitrogens with zero attached hydrogens (tertiary/aromatic N) is 2. The summed E-state index contributed by atoms with van der Waals surface area (Å²) in [5, 5.41) is 15.1. The van der Waals surface area contributed by atoms with E-state index in [1.54, 1.807) is 0 Å². The first-order chi connectivity index (χ1) is 58.2. The molecule has 118 heavy (non-hydrogen) atoms. The van der Waals surface area contributed by atoms with Crippen LogP contribution in [0.15, 0.2) is 443 Å². The molecule has 2 heterocycles. The minimum Gasteiger partial charge on any atom is -0.309 e. The van der Waals surface area contributed by atoms with Crippen molar-refractivity contribution >= 4 is 86.7 Å². The number of rotatable bonds is 12. The van der Waals surface area contributed by atoms with Crippen LogP contribution in [0.2, 0.25) is 0 Å². The van der Waals surface area contributed by atoms with Crippen LogP contribution < -0.4 is 0 Å². The van der Waals surface area contributed by atoms with Crippen molar-refractivity contribution in [2.24, 2.45) is 0 Å². The molecule has 556 valence electrons. The molecule has 20 aromatic carbocycles. The largest absolute Gasteiger partial charge is 0.309 e. The molecule has 0 saturated carbocycles. The van der Waals surface area contributed by atoms with E-state index in [0.29, 0.717) is 0 Å². The molecule has 0 aliphatic rings. The van der Waals surface area contributed by atoms with E-state index < -0.39 is 0 Å². The van der Waals surface area contributed by atoms with Crippen LogP contribution in [0, 0.1) is 0 Å². The monoisotopic (exact) mass is 1500 g/mol. The van der Waals surface area contributed by atoms with Crippen LogP contribution in [-0.4, -0.2) is 9.13 Å². The minimum atomic E-state index is 0.0317. The molecule has 2 nitrogen and oxygen atoms in total. The molecule has 0 atom stereocenters. The van der Waals surface area contributed by atoms with Crippen molar-refractivity contribution in [2.45, 2.75) is 26.2 Å². The van der Waals surface area contributed by atoms with Gasteiger partial charge in [-0.05, 0) is 238 Å². The zero-order valence-corrected chi connectivity index (χ0v) is 66.0. The summed E-state index contributed by atoms with van der Waals surface area (Å²) in [6, 6.07) is 162. The van der Waals surface area contributed by atoms with E-state index in [1.807, 2.05) is 0 Å². The van der Waals surface area contributed by atoms with E-state index in [-0.39, 0.29) is 5.41 Å². The smallest absolute Gasteiger partial charge is 0.0541 e. The first-order valence-corrected chi connectivity index (χ1v) is 41.0. The molecule has 0 spiro atoms. The lowest BCUT2D eigenvalue weighted by molar-refractivity contribution is 0.591. The van der Waals surface area contributed by atoms with Crippen molar-refractivity contribution in [2.75, 3.05) is 0 Å². The second-order valence-electron chi connectivity index (χ2n) is 32.1. The number of hydrogen-bond donors (Lipinski definition) is 0. The maximum absolute atomic E-state index is 2.45. The molecule has 0 unspecified atom stereocenters. The van der Waals surface area contributed by atoms with Gasteiger partial charge in [0.25, 0.3) is 0 Å². The lowest BCUT2D eigenvalue weighted by Crippen LogP contribution is -2.10. The van der Waals surface area contributed by atoms with Gasteiger partial charge in [0, 0.05) is 32.9 Å². The normalized spacial score (nSPS) is 11.7. The fourth-order valence-corrected chi connectivity index (χ4v) is 18.6. The lowest BCUT2D eigenvalue weighted by atomic mass is 9.81. The highest BCUT2D eigenvalue weighted by Crippen LogP contribution is 2.49. The zero-order valence-electron chi connectivity index (χ0n) is 66.0. The molecule has 0 N–H and O–H groups in total. The van der Waals surface area contributed by atoms with Crippen LogP contribution in [0.3, 0.4) is 0 Å². The Bertz CT molecular complexity index is 7380. The fourth-order valence-electron chi connectivity index (χ4n) is 18.6. The van der Waals surface area contributed by atoms with Gasteiger partial charge in [-0.3, -0.25) is 0 Å². The van der Waals surface area contributed by atoms with Gasteiger partial charge in [-0.2, -0.15) is 0 Å². The number of fused-ring (bicyclic) bond motifs is 10. The van der Waals surface area contributed by atoms with Crippen molar-refractivity contribution < 1.29 is 0 Å². The number of aromatic nitrogens is 2. The second-order valence-corrected chi connectivity index (χ2v) is 32.1. The summed E-state index contributed by atoms with van der Waals surface area (Å²) in [6.07, 6.45) is 0. The van der Waals surface area contributed by atoms with E-state index in [4.69, 9.17) is 0 Å². The Labute approximate surface area is 688 Å². The van der Waals surface area contributed by atoms with Crippen LogP contribution in [0.25, 0.3) is 209 Å². The van der Waals surface area contributed by atoms with Gasteiger partial charge in [-0.25, -0.2) is 0 Å². The van der Waals surface area contributed by atoms with Gasteiger partial charge in [0.2, 0.25) is 0 Å². The van der Waals surface area contributed by atoms with Crippen molar-refractivity contribution in [3.8, 4) is 123 Å². The molecule has 22 rings (SSSR count). The minimum absolute atomic E-state index is 0.0317. The molecule has 0 aliphatic heterocycles. The number of para-hydroxylation sites is 1. The van der Waals surface area contributed by atoms with E-state index in [0.717, 1.165) is 11.4 Å². The first-order valence-electron chi connectivity index (χ1n) is 41.0. The molecule has 22 aromatic rings. The third-order valence-electron chi connectivity index (χ3n) is 24.2. The molecule has 0 bridgehead atoms. The van der Waals surface area contributed by atoms with E-state index >= 15 is 0 Å². The van der Waals surface area contributed by atoms with Gasteiger partial charge in [0.15, 0.2) is 0 Å². The van der Waals surface area contributed by atoms with Crippen LogP contribution in [0.4, 0.5) is 0 Å². The molecule has 0 fully saturated rings. The Morgan fingerprint density at radius 1 is 0.153 bits per heavy atom. The quantitative estimate of drug-likeness (QED) is 0.108. The fraction of sp³-hybridized carbons (Fsp3) is 0.0345. The van der Waals surface area contributed by atoms with Crippen molar-refractivity contribution in [1.82, 2.24) is 9.13 Å². The summed E-state index contributed by atoms with van der Waals surface area (Å²) in [7, 11) is 0. The maximum atomic E-state index is 2.45.